The first-order valence-electron chi connectivity index (χ1n) is 8.00. The highest BCUT2D eigenvalue weighted by Gasteiger charge is 2.55. The van der Waals surface area contributed by atoms with E-state index in [1.807, 2.05) is 6.92 Å². The first kappa shape index (κ1) is 19.3. The summed E-state index contributed by atoms with van der Waals surface area (Å²) in [5.74, 6) is -1.35. The van der Waals surface area contributed by atoms with Crippen LogP contribution in [0.5, 0.6) is 0 Å². The van der Waals surface area contributed by atoms with Gasteiger partial charge in [-0.15, -0.1) is 0 Å². The first-order valence-corrected chi connectivity index (χ1v) is 9.54. The van der Waals surface area contributed by atoms with E-state index in [4.69, 9.17) is 18.9 Å². The average molecular weight is 363 g/mol. The summed E-state index contributed by atoms with van der Waals surface area (Å²) in [4.78, 5) is 11.3. The lowest BCUT2D eigenvalue weighted by molar-refractivity contribution is -0.212. The van der Waals surface area contributed by atoms with Crippen LogP contribution in [0.25, 0.3) is 0 Å². The third-order valence-electron chi connectivity index (χ3n) is 3.61. The number of nitrogens with one attached hydrogen (secondary N) is 1. The number of unbranched alkanes of at least 4 members (excludes halogenated alkanes) is 1. The number of rotatable bonds is 7. The zero-order valence-electron chi connectivity index (χ0n) is 14.4. The second kappa shape index (κ2) is 7.49. The molecular weight excluding hydrogens is 338 g/mol. The van der Waals surface area contributed by atoms with E-state index >= 15 is 0 Å². The Hall–Kier alpha value is -1.00. The maximum Gasteiger partial charge on any atom is 0.303 e. The van der Waals surface area contributed by atoms with Crippen LogP contribution in [-0.2, 0) is 33.8 Å². The summed E-state index contributed by atoms with van der Waals surface area (Å²) in [5.41, 5.74) is 0. The number of ether oxygens (including phenoxy) is 4. The molecule has 2 saturated heterocycles. The van der Waals surface area contributed by atoms with Gasteiger partial charge in [-0.3, -0.25) is 4.79 Å². The lowest BCUT2D eigenvalue weighted by Gasteiger charge is -2.23. The van der Waals surface area contributed by atoms with Crippen LogP contribution in [0.3, 0.4) is 0 Å². The summed E-state index contributed by atoms with van der Waals surface area (Å²) in [7, 11) is -3.57. The Bertz CT molecular complexity index is 587. The highest BCUT2D eigenvalue weighted by Crippen LogP contribution is 2.39. The Morgan fingerprint density at radius 2 is 2.04 bits per heavy atom. The quantitative estimate of drug-likeness (QED) is 0.532. The van der Waals surface area contributed by atoms with Crippen molar-refractivity contribution in [1.82, 2.24) is 4.72 Å². The van der Waals surface area contributed by atoms with E-state index in [9.17, 15) is 13.2 Å². The fourth-order valence-electron chi connectivity index (χ4n) is 2.61. The molecule has 0 aromatic heterocycles. The average Bonchev–Trinajstić information content (AvgIpc) is 2.90. The van der Waals surface area contributed by atoms with E-state index in [0.29, 0.717) is 6.54 Å². The molecule has 0 aliphatic carbocycles. The molecular formula is C15H25NO7S. The van der Waals surface area contributed by atoms with Crippen LogP contribution in [0, 0.1) is 0 Å². The summed E-state index contributed by atoms with van der Waals surface area (Å²) in [5, 5.41) is 1.02. The van der Waals surface area contributed by atoms with Crippen molar-refractivity contribution in [2.45, 2.75) is 70.9 Å². The first-order chi connectivity index (χ1) is 11.1. The summed E-state index contributed by atoms with van der Waals surface area (Å²) in [6.07, 6.45) is 0.146. The Kier molecular flexibility index (Phi) is 6.03. The molecule has 1 N–H and O–H groups in total. The molecule has 2 rings (SSSR count). The molecule has 0 amide bonds. The number of carbonyl (C=O) groups excluding carboxylic acids is 1. The van der Waals surface area contributed by atoms with Crippen LogP contribution >= 0.6 is 0 Å². The van der Waals surface area contributed by atoms with Gasteiger partial charge in [0.05, 0.1) is 0 Å². The van der Waals surface area contributed by atoms with Gasteiger partial charge in [0.2, 0.25) is 10.0 Å². The number of carbonyl (C=O) groups is 1. The van der Waals surface area contributed by atoms with Gasteiger partial charge in [-0.05, 0) is 26.3 Å². The van der Waals surface area contributed by atoms with Gasteiger partial charge in [0.25, 0.3) is 0 Å². The second-order valence-corrected chi connectivity index (χ2v) is 7.92. The Balaban J connectivity index is 2.06. The highest BCUT2D eigenvalue weighted by molar-refractivity contribution is 7.92. The molecule has 4 atom stereocenters. The van der Waals surface area contributed by atoms with Crippen LogP contribution < -0.4 is 4.72 Å². The third kappa shape index (κ3) is 5.00. The number of fused-ring (bicyclic) bond motifs is 1. The van der Waals surface area contributed by atoms with Gasteiger partial charge < -0.3 is 18.9 Å². The van der Waals surface area contributed by atoms with Gasteiger partial charge in [0.1, 0.15) is 6.10 Å². The van der Waals surface area contributed by atoms with Gasteiger partial charge in [-0.2, -0.15) is 0 Å². The monoisotopic (exact) mass is 363 g/mol. The van der Waals surface area contributed by atoms with Gasteiger partial charge in [-0.25, -0.2) is 13.1 Å². The van der Waals surface area contributed by atoms with E-state index in [-0.39, 0.29) is 0 Å². The maximum atomic E-state index is 11.9. The SMILES string of the molecule is CCCCNS(=O)(=O)/C=C/[C@H]1O[C@@H]2OC(C)(C)O[C@@H]2[C@H]1OC(C)=O. The summed E-state index contributed by atoms with van der Waals surface area (Å²) >= 11 is 0. The van der Waals surface area contributed by atoms with Crippen LogP contribution in [0.15, 0.2) is 11.5 Å². The molecule has 2 heterocycles. The van der Waals surface area contributed by atoms with Crippen molar-refractivity contribution in [3.05, 3.63) is 11.5 Å². The van der Waals surface area contributed by atoms with E-state index in [1.165, 1.54) is 13.0 Å². The van der Waals surface area contributed by atoms with E-state index < -0.39 is 46.4 Å². The van der Waals surface area contributed by atoms with E-state index in [2.05, 4.69) is 4.72 Å². The molecule has 2 aliphatic rings. The van der Waals surface area contributed by atoms with Crippen molar-refractivity contribution in [2.75, 3.05) is 6.54 Å². The molecule has 0 aromatic carbocycles. The lowest BCUT2D eigenvalue weighted by Crippen LogP contribution is -2.37. The maximum absolute atomic E-state index is 11.9. The number of hydrogen-bond acceptors (Lipinski definition) is 7. The largest absolute Gasteiger partial charge is 0.456 e. The molecule has 2 fully saturated rings. The molecule has 138 valence electrons. The standard InChI is InChI=1S/C15H25NO7S/c1-5-6-8-16-24(18,19)9-7-11-12(20-10(2)17)13-14(21-11)23-15(3,4)22-13/h7,9,11-14,16H,5-6,8H2,1-4H3/b9-7+/t11-,12+,13-,14-/m1/s1. The molecule has 9 heteroatoms. The van der Waals surface area contributed by atoms with Gasteiger partial charge in [0.15, 0.2) is 24.3 Å². The fraction of sp³-hybridized carbons (Fsp3) is 0.800. The third-order valence-corrected chi connectivity index (χ3v) is 4.73. The second-order valence-electron chi connectivity index (χ2n) is 6.26. The van der Waals surface area contributed by atoms with Gasteiger partial charge >= 0.3 is 5.97 Å². The summed E-state index contributed by atoms with van der Waals surface area (Å²) in [6.45, 7) is 7.07. The Morgan fingerprint density at radius 1 is 1.33 bits per heavy atom. The van der Waals surface area contributed by atoms with Crippen molar-refractivity contribution >= 4 is 16.0 Å². The molecule has 0 spiro atoms. The van der Waals surface area contributed by atoms with Crippen molar-refractivity contribution in [1.29, 1.82) is 0 Å². The van der Waals surface area contributed by atoms with Gasteiger partial charge in [0, 0.05) is 18.9 Å². The molecule has 0 unspecified atom stereocenters. The highest BCUT2D eigenvalue weighted by atomic mass is 32.2. The van der Waals surface area contributed by atoms with Crippen LogP contribution in [-0.4, -0.2) is 51.3 Å². The van der Waals surface area contributed by atoms with Crippen molar-refractivity contribution in [3.63, 3.8) is 0 Å². The molecule has 0 radical (unpaired) electrons. The Labute approximate surface area is 142 Å². The number of sulfonamides is 1. The van der Waals surface area contributed by atoms with Crippen molar-refractivity contribution in [2.24, 2.45) is 0 Å². The van der Waals surface area contributed by atoms with Crippen LogP contribution in [0.2, 0.25) is 0 Å². The Morgan fingerprint density at radius 3 is 2.67 bits per heavy atom. The molecule has 0 saturated carbocycles. The zero-order valence-corrected chi connectivity index (χ0v) is 15.2. The van der Waals surface area contributed by atoms with Crippen LogP contribution in [0.4, 0.5) is 0 Å². The summed E-state index contributed by atoms with van der Waals surface area (Å²) in [6, 6.07) is 0. The number of esters is 1. The molecule has 2 aliphatic heterocycles. The number of hydrogen-bond donors (Lipinski definition) is 1. The normalized spacial score (nSPS) is 32.2. The predicted octanol–water partition coefficient (Wildman–Crippen LogP) is 1.03. The minimum absolute atomic E-state index is 0.369. The predicted molar refractivity (Wildman–Crippen MR) is 85.2 cm³/mol. The van der Waals surface area contributed by atoms with E-state index in [1.54, 1.807) is 13.8 Å². The minimum atomic E-state index is -3.57. The van der Waals surface area contributed by atoms with E-state index in [0.717, 1.165) is 18.2 Å². The van der Waals surface area contributed by atoms with Crippen molar-refractivity contribution < 1.29 is 32.2 Å². The van der Waals surface area contributed by atoms with Crippen LogP contribution in [0.1, 0.15) is 40.5 Å². The topological polar surface area (TPSA) is 100 Å². The lowest BCUT2D eigenvalue weighted by atomic mass is 10.1. The zero-order chi connectivity index (χ0) is 18.0. The molecule has 24 heavy (non-hydrogen) atoms. The molecule has 8 nitrogen and oxygen atoms in total. The fourth-order valence-corrected chi connectivity index (χ4v) is 3.49. The van der Waals surface area contributed by atoms with Gasteiger partial charge in [-0.1, -0.05) is 13.3 Å². The molecule has 0 bridgehead atoms. The van der Waals surface area contributed by atoms with Crippen molar-refractivity contribution in [3.8, 4) is 0 Å². The molecule has 0 aromatic rings. The summed E-state index contributed by atoms with van der Waals surface area (Å²) < 4.78 is 48.5. The smallest absolute Gasteiger partial charge is 0.303 e. The minimum Gasteiger partial charge on any atom is -0.456 e.